The smallest absolute Gasteiger partial charge is 0.224 e. The molecule has 3 aliphatic heterocycles. The number of nitrogens with zero attached hydrogens (tertiary/aromatic N) is 5. The third-order valence-electron chi connectivity index (χ3n) is 7.40. The molecule has 0 bridgehead atoms. The van der Waals surface area contributed by atoms with E-state index < -0.39 is 10.0 Å². The van der Waals surface area contributed by atoms with Gasteiger partial charge in [0.15, 0.2) is 0 Å². The van der Waals surface area contributed by atoms with Gasteiger partial charge in [-0.3, -0.25) is 4.90 Å². The van der Waals surface area contributed by atoms with Gasteiger partial charge in [0.2, 0.25) is 16.0 Å². The molecule has 1 aromatic rings. The second-order valence-corrected chi connectivity index (χ2v) is 12.0. The van der Waals surface area contributed by atoms with Gasteiger partial charge in [0.25, 0.3) is 0 Å². The Morgan fingerprint density at radius 3 is 2.42 bits per heavy atom. The minimum absolute atomic E-state index is 0.268. The molecule has 0 radical (unpaired) electrons. The Morgan fingerprint density at radius 2 is 1.70 bits per heavy atom. The summed E-state index contributed by atoms with van der Waals surface area (Å²) in [5, 5.41) is 3.64. The summed E-state index contributed by atoms with van der Waals surface area (Å²) in [7, 11) is -3.08. The van der Waals surface area contributed by atoms with Crippen molar-refractivity contribution in [2.24, 2.45) is 0 Å². The van der Waals surface area contributed by atoms with Crippen molar-refractivity contribution >= 4 is 21.8 Å². The molecule has 1 aromatic heterocycles. The number of aromatic nitrogens is 2. The van der Waals surface area contributed by atoms with E-state index in [2.05, 4.69) is 20.1 Å². The summed E-state index contributed by atoms with van der Waals surface area (Å²) in [6.07, 6.45) is 13.0. The zero-order valence-electron chi connectivity index (χ0n) is 20.3. The molecule has 1 atom stereocenters. The van der Waals surface area contributed by atoms with Crippen molar-refractivity contribution in [3.05, 3.63) is 12.3 Å². The van der Waals surface area contributed by atoms with Gasteiger partial charge in [0.1, 0.15) is 5.82 Å². The van der Waals surface area contributed by atoms with Gasteiger partial charge in [-0.25, -0.2) is 17.7 Å². The lowest BCUT2D eigenvalue weighted by atomic mass is 10.0. The van der Waals surface area contributed by atoms with E-state index in [9.17, 15) is 8.42 Å². The molecule has 8 nitrogen and oxygen atoms in total. The third-order valence-corrected chi connectivity index (χ3v) is 9.48. The van der Waals surface area contributed by atoms with Crippen molar-refractivity contribution < 1.29 is 8.42 Å². The number of nitrogens with one attached hydrogen (secondary N) is 1. The van der Waals surface area contributed by atoms with Crippen LogP contribution in [0.3, 0.4) is 0 Å². The van der Waals surface area contributed by atoms with Crippen molar-refractivity contribution in [3.63, 3.8) is 0 Å². The van der Waals surface area contributed by atoms with Crippen LogP contribution < -0.4 is 10.2 Å². The van der Waals surface area contributed by atoms with Crippen LogP contribution >= 0.6 is 0 Å². The van der Waals surface area contributed by atoms with Crippen molar-refractivity contribution in [1.29, 1.82) is 0 Å². The fourth-order valence-electron chi connectivity index (χ4n) is 5.57. The molecule has 1 unspecified atom stereocenters. The van der Waals surface area contributed by atoms with Crippen LogP contribution in [0.1, 0.15) is 71.1 Å². The van der Waals surface area contributed by atoms with Gasteiger partial charge in [-0.15, -0.1) is 0 Å². The van der Waals surface area contributed by atoms with E-state index in [4.69, 9.17) is 4.98 Å². The number of rotatable bonds is 7. The molecule has 4 rings (SSSR count). The maximum atomic E-state index is 12.4. The normalized spacial score (nSPS) is 24.9. The van der Waals surface area contributed by atoms with Crippen LogP contribution in [0.15, 0.2) is 12.3 Å². The highest BCUT2D eigenvalue weighted by Crippen LogP contribution is 2.24. The molecule has 3 aliphatic rings. The second-order valence-electron chi connectivity index (χ2n) is 9.92. The molecule has 0 spiro atoms. The Bertz CT molecular complexity index is 835. The average Bonchev–Trinajstić information content (AvgIpc) is 3.23. The summed E-state index contributed by atoms with van der Waals surface area (Å²) in [5.74, 6) is 2.05. The summed E-state index contributed by atoms with van der Waals surface area (Å²) < 4.78 is 26.6. The summed E-state index contributed by atoms with van der Waals surface area (Å²) in [4.78, 5) is 14.4. The van der Waals surface area contributed by atoms with Gasteiger partial charge >= 0.3 is 0 Å². The Balaban J connectivity index is 1.34. The first-order valence-corrected chi connectivity index (χ1v) is 14.7. The van der Waals surface area contributed by atoms with E-state index in [0.717, 1.165) is 57.2 Å². The van der Waals surface area contributed by atoms with Crippen molar-refractivity contribution in [1.82, 2.24) is 19.2 Å². The van der Waals surface area contributed by atoms with E-state index >= 15 is 0 Å². The number of hydrogen-bond acceptors (Lipinski definition) is 7. The Kier molecular flexibility index (Phi) is 8.82. The summed E-state index contributed by atoms with van der Waals surface area (Å²) in [6.45, 7) is 7.48. The second kappa shape index (κ2) is 11.8. The van der Waals surface area contributed by atoms with Gasteiger partial charge in [-0.2, -0.15) is 4.98 Å². The van der Waals surface area contributed by atoms with Gasteiger partial charge in [-0.05, 0) is 57.6 Å². The molecule has 1 N–H and O–H groups in total. The van der Waals surface area contributed by atoms with E-state index in [1.807, 2.05) is 19.2 Å². The SMILES string of the molecule is CCCS(=O)(=O)N1CCC(N2CCCCC(Nc3nccc(N4CCCCCC4)n3)C2)CC1. The number of hydrogen-bond donors (Lipinski definition) is 1. The number of piperidine rings is 1. The van der Waals surface area contributed by atoms with Crippen LogP contribution in [-0.2, 0) is 10.0 Å². The van der Waals surface area contributed by atoms with Gasteiger partial charge in [0, 0.05) is 51.0 Å². The molecule has 0 saturated carbocycles. The van der Waals surface area contributed by atoms with Crippen molar-refractivity contribution in [2.45, 2.75) is 83.2 Å². The molecule has 33 heavy (non-hydrogen) atoms. The maximum absolute atomic E-state index is 12.4. The van der Waals surface area contributed by atoms with Crippen LogP contribution in [0.2, 0.25) is 0 Å². The van der Waals surface area contributed by atoms with Crippen molar-refractivity contribution in [2.75, 3.05) is 55.2 Å². The van der Waals surface area contributed by atoms with Gasteiger partial charge in [-0.1, -0.05) is 26.2 Å². The average molecular weight is 479 g/mol. The van der Waals surface area contributed by atoms with Crippen LogP contribution in [-0.4, -0.2) is 84.7 Å². The molecule has 0 aliphatic carbocycles. The highest BCUT2D eigenvalue weighted by Gasteiger charge is 2.32. The van der Waals surface area contributed by atoms with E-state index in [1.54, 1.807) is 4.31 Å². The molecule has 186 valence electrons. The van der Waals surface area contributed by atoms with Crippen LogP contribution in [0.4, 0.5) is 11.8 Å². The predicted molar refractivity (Wildman–Crippen MR) is 134 cm³/mol. The first-order chi connectivity index (χ1) is 16.0. The zero-order chi connectivity index (χ0) is 23.1. The summed E-state index contributed by atoms with van der Waals surface area (Å²) >= 11 is 0. The minimum Gasteiger partial charge on any atom is -0.356 e. The first-order valence-electron chi connectivity index (χ1n) is 13.1. The Morgan fingerprint density at radius 1 is 0.970 bits per heavy atom. The summed E-state index contributed by atoms with van der Waals surface area (Å²) in [5.41, 5.74) is 0. The van der Waals surface area contributed by atoms with Crippen LogP contribution in [0.5, 0.6) is 0 Å². The van der Waals surface area contributed by atoms with E-state index in [1.165, 1.54) is 38.5 Å². The predicted octanol–water partition coefficient (Wildman–Crippen LogP) is 3.33. The van der Waals surface area contributed by atoms with E-state index in [-0.39, 0.29) is 5.75 Å². The molecular formula is C24H42N6O2S. The zero-order valence-corrected chi connectivity index (χ0v) is 21.1. The Labute approximate surface area is 200 Å². The largest absolute Gasteiger partial charge is 0.356 e. The number of likely N-dealkylation sites (tertiary alicyclic amines) is 1. The minimum atomic E-state index is -3.08. The highest BCUT2D eigenvalue weighted by atomic mass is 32.2. The quantitative estimate of drug-likeness (QED) is 0.644. The molecule has 0 amide bonds. The Hall–Kier alpha value is -1.45. The lowest BCUT2D eigenvalue weighted by Crippen LogP contribution is -2.49. The number of anilines is 2. The fourth-order valence-corrected chi connectivity index (χ4v) is 7.11. The molecule has 3 saturated heterocycles. The third kappa shape index (κ3) is 6.79. The van der Waals surface area contributed by atoms with E-state index in [0.29, 0.717) is 31.6 Å². The van der Waals surface area contributed by atoms with Gasteiger partial charge in [0.05, 0.1) is 5.75 Å². The molecule has 3 fully saturated rings. The fraction of sp³-hybridized carbons (Fsp3) is 0.833. The standard InChI is InChI=1S/C24H42N6O2S/c1-2-19-33(31,32)30-17-11-22(12-18-30)29-16-8-5-9-21(20-29)26-24-25-13-10-23(27-24)28-14-6-3-4-7-15-28/h10,13,21-22H,2-9,11-12,14-20H2,1H3,(H,25,26,27). The first kappa shape index (κ1) is 24.7. The maximum Gasteiger partial charge on any atom is 0.224 e. The van der Waals surface area contributed by atoms with Crippen molar-refractivity contribution in [3.8, 4) is 0 Å². The van der Waals surface area contributed by atoms with Crippen LogP contribution in [0, 0.1) is 0 Å². The van der Waals surface area contributed by atoms with Crippen LogP contribution in [0.25, 0.3) is 0 Å². The lowest BCUT2D eigenvalue weighted by molar-refractivity contribution is 0.140. The molecule has 9 heteroatoms. The molecule has 4 heterocycles. The molecular weight excluding hydrogens is 436 g/mol. The monoisotopic (exact) mass is 478 g/mol. The number of sulfonamides is 1. The van der Waals surface area contributed by atoms with Gasteiger partial charge < -0.3 is 10.2 Å². The topological polar surface area (TPSA) is 81.7 Å². The lowest BCUT2D eigenvalue weighted by Gasteiger charge is -2.38. The summed E-state index contributed by atoms with van der Waals surface area (Å²) in [6, 6.07) is 2.83. The molecule has 0 aromatic carbocycles. The highest BCUT2D eigenvalue weighted by molar-refractivity contribution is 7.89.